The number of pyridine rings is 1. The molecule has 9 heteroatoms. The van der Waals surface area contributed by atoms with Crippen LogP contribution in [0.15, 0.2) is 86.4 Å². The molecule has 0 aliphatic carbocycles. The predicted octanol–water partition coefficient (Wildman–Crippen LogP) is 7.87. The van der Waals surface area contributed by atoms with Crippen molar-refractivity contribution in [3.8, 4) is 22.8 Å². The van der Waals surface area contributed by atoms with Crippen LogP contribution in [0.5, 0.6) is 0 Å². The monoisotopic (exact) mass is 553 g/mol. The van der Waals surface area contributed by atoms with Gasteiger partial charge >= 0.3 is 0 Å². The number of furan rings is 1. The third-order valence-corrected chi connectivity index (χ3v) is 5.65. The minimum atomic E-state index is -0.317. The van der Waals surface area contributed by atoms with E-state index >= 15 is 0 Å². The Labute approximate surface area is 212 Å². The number of oxazole rings is 1. The summed E-state index contributed by atoms with van der Waals surface area (Å²) >= 11 is 15.5. The van der Waals surface area contributed by atoms with Crippen LogP contribution in [-0.2, 0) is 4.79 Å². The van der Waals surface area contributed by atoms with Crippen LogP contribution < -0.4 is 5.32 Å². The lowest BCUT2D eigenvalue weighted by Crippen LogP contribution is -2.07. The van der Waals surface area contributed by atoms with Gasteiger partial charge in [-0.25, -0.2) is 4.98 Å². The molecule has 0 unspecified atom stereocenters. The Balaban J connectivity index is 1.29. The molecule has 0 aliphatic heterocycles. The normalized spacial score (nSPS) is 11.4. The van der Waals surface area contributed by atoms with Gasteiger partial charge in [0.25, 0.3) is 0 Å². The zero-order chi connectivity index (χ0) is 23.7. The molecule has 0 aliphatic rings. The largest absolute Gasteiger partial charge is 0.457 e. The first-order valence-corrected chi connectivity index (χ1v) is 11.5. The Morgan fingerprint density at radius 2 is 1.76 bits per heavy atom. The van der Waals surface area contributed by atoms with E-state index in [-0.39, 0.29) is 5.91 Å². The molecule has 0 saturated heterocycles. The van der Waals surface area contributed by atoms with Gasteiger partial charge in [0.05, 0.1) is 5.56 Å². The summed E-state index contributed by atoms with van der Waals surface area (Å²) in [6, 6.07) is 15.8. The van der Waals surface area contributed by atoms with Crippen molar-refractivity contribution in [2.75, 3.05) is 5.32 Å². The van der Waals surface area contributed by atoms with Crippen LogP contribution in [0.2, 0.25) is 10.0 Å². The van der Waals surface area contributed by atoms with Gasteiger partial charge < -0.3 is 14.2 Å². The van der Waals surface area contributed by atoms with Crippen LogP contribution in [0.3, 0.4) is 0 Å². The van der Waals surface area contributed by atoms with Crippen molar-refractivity contribution in [1.82, 2.24) is 9.97 Å². The molecule has 0 atom stereocenters. The number of nitrogens with zero attached hydrogens (tertiary/aromatic N) is 2. The number of carbonyl (C=O) groups is 1. The lowest BCUT2D eigenvalue weighted by molar-refractivity contribution is -0.111. The van der Waals surface area contributed by atoms with Crippen LogP contribution in [0, 0.1) is 0 Å². The molecule has 2 aromatic carbocycles. The fraction of sp³-hybridized carbons (Fsp3) is 0. The number of aromatic nitrogens is 2. The Kier molecular flexibility index (Phi) is 6.24. The van der Waals surface area contributed by atoms with E-state index in [1.165, 1.54) is 6.08 Å². The first-order chi connectivity index (χ1) is 16.4. The van der Waals surface area contributed by atoms with Gasteiger partial charge in [0.2, 0.25) is 11.8 Å². The third-order valence-electron chi connectivity index (χ3n) is 4.78. The van der Waals surface area contributed by atoms with Crippen molar-refractivity contribution in [2.45, 2.75) is 0 Å². The second kappa shape index (κ2) is 9.46. The highest BCUT2D eigenvalue weighted by atomic mass is 79.9. The van der Waals surface area contributed by atoms with Crippen molar-refractivity contribution in [3.05, 3.63) is 93.3 Å². The van der Waals surface area contributed by atoms with Crippen molar-refractivity contribution in [3.63, 3.8) is 0 Å². The van der Waals surface area contributed by atoms with E-state index in [0.717, 1.165) is 15.6 Å². The number of nitrogens with one attached hydrogen (secondary N) is 1. The van der Waals surface area contributed by atoms with Gasteiger partial charge in [-0.3, -0.25) is 9.78 Å². The van der Waals surface area contributed by atoms with E-state index in [2.05, 4.69) is 31.2 Å². The van der Waals surface area contributed by atoms with E-state index in [1.54, 1.807) is 67.0 Å². The molecule has 1 N–H and O–H groups in total. The topological polar surface area (TPSA) is 81.2 Å². The maximum Gasteiger partial charge on any atom is 0.248 e. The van der Waals surface area contributed by atoms with E-state index in [1.807, 2.05) is 6.07 Å². The second-order valence-corrected chi connectivity index (χ2v) is 9.06. The van der Waals surface area contributed by atoms with Crippen LogP contribution >= 0.6 is 39.1 Å². The second-order valence-electron chi connectivity index (χ2n) is 7.28. The van der Waals surface area contributed by atoms with Gasteiger partial charge in [0.15, 0.2) is 5.58 Å². The van der Waals surface area contributed by atoms with E-state index in [0.29, 0.717) is 44.2 Å². The van der Waals surface area contributed by atoms with Crippen LogP contribution in [0.1, 0.15) is 5.76 Å². The molecular formula is C25H14BrCl2N3O3. The Morgan fingerprint density at radius 3 is 2.56 bits per heavy atom. The number of halogens is 3. The number of rotatable bonds is 5. The minimum absolute atomic E-state index is 0.317. The summed E-state index contributed by atoms with van der Waals surface area (Å²) in [4.78, 5) is 21.0. The van der Waals surface area contributed by atoms with Gasteiger partial charge in [-0.05, 0) is 76.6 Å². The highest BCUT2D eigenvalue weighted by Crippen LogP contribution is 2.29. The Morgan fingerprint density at radius 1 is 0.941 bits per heavy atom. The van der Waals surface area contributed by atoms with Crippen LogP contribution in [-0.4, -0.2) is 15.9 Å². The van der Waals surface area contributed by atoms with Gasteiger partial charge in [-0.1, -0.05) is 23.2 Å². The molecule has 0 spiro atoms. The lowest BCUT2D eigenvalue weighted by atomic mass is 10.2. The molecule has 1 amide bonds. The summed E-state index contributed by atoms with van der Waals surface area (Å²) < 4.78 is 12.4. The zero-order valence-electron chi connectivity index (χ0n) is 17.3. The summed E-state index contributed by atoms with van der Waals surface area (Å²) in [7, 11) is 0. The SMILES string of the molecule is O=C(/C=C/c1ccc(-c2cc(Cl)cc(Cl)c2)o1)Nc1ccc2oc(-c3cncc(Br)c3)nc2c1. The van der Waals surface area contributed by atoms with Gasteiger partial charge in [-0.15, -0.1) is 0 Å². The maximum atomic E-state index is 12.4. The molecule has 3 heterocycles. The maximum absolute atomic E-state index is 12.4. The number of amides is 1. The summed E-state index contributed by atoms with van der Waals surface area (Å²) in [5.74, 6) is 1.24. The molecule has 3 aromatic heterocycles. The molecule has 0 fully saturated rings. The summed E-state index contributed by atoms with van der Waals surface area (Å²) in [6.07, 6.45) is 6.32. The van der Waals surface area contributed by atoms with Crippen molar-refractivity contribution < 1.29 is 13.6 Å². The molecular weight excluding hydrogens is 541 g/mol. The average Bonchev–Trinajstić information content (AvgIpc) is 3.44. The zero-order valence-corrected chi connectivity index (χ0v) is 20.4. The van der Waals surface area contributed by atoms with E-state index < -0.39 is 0 Å². The molecule has 5 rings (SSSR count). The van der Waals surface area contributed by atoms with Crippen molar-refractivity contribution in [1.29, 1.82) is 0 Å². The lowest BCUT2D eigenvalue weighted by Gasteiger charge is -2.01. The number of hydrogen-bond acceptors (Lipinski definition) is 5. The fourth-order valence-electron chi connectivity index (χ4n) is 3.29. The van der Waals surface area contributed by atoms with Crippen molar-refractivity contribution in [2.24, 2.45) is 0 Å². The summed E-state index contributed by atoms with van der Waals surface area (Å²) in [5.41, 5.74) is 3.31. The highest BCUT2D eigenvalue weighted by molar-refractivity contribution is 9.10. The van der Waals surface area contributed by atoms with Crippen LogP contribution in [0.25, 0.3) is 40.0 Å². The highest BCUT2D eigenvalue weighted by Gasteiger charge is 2.11. The number of hydrogen-bond donors (Lipinski definition) is 1. The van der Waals surface area contributed by atoms with Crippen molar-refractivity contribution >= 4 is 67.9 Å². The number of carbonyl (C=O) groups excluding carboxylic acids is 1. The van der Waals surface area contributed by atoms with Gasteiger partial charge in [0, 0.05) is 44.2 Å². The van der Waals surface area contributed by atoms with Gasteiger partial charge in [-0.2, -0.15) is 0 Å². The first kappa shape index (κ1) is 22.4. The Bertz CT molecular complexity index is 1540. The Hall–Kier alpha value is -3.39. The molecule has 0 radical (unpaired) electrons. The van der Waals surface area contributed by atoms with E-state index in [4.69, 9.17) is 32.0 Å². The molecule has 6 nitrogen and oxygen atoms in total. The summed E-state index contributed by atoms with van der Waals surface area (Å²) in [5, 5.41) is 3.84. The number of benzene rings is 2. The third kappa shape index (κ3) is 5.07. The molecule has 5 aromatic rings. The molecule has 168 valence electrons. The summed E-state index contributed by atoms with van der Waals surface area (Å²) in [6.45, 7) is 0. The molecule has 0 bridgehead atoms. The van der Waals surface area contributed by atoms with E-state index in [9.17, 15) is 4.79 Å². The first-order valence-electron chi connectivity index (χ1n) is 10.00. The van der Waals surface area contributed by atoms with Gasteiger partial charge in [0.1, 0.15) is 17.0 Å². The molecule has 0 saturated carbocycles. The minimum Gasteiger partial charge on any atom is -0.457 e. The standard InChI is InChI=1S/C25H14BrCl2N3O3/c26-16-7-15(12-29-13-16)25-31-21-11-19(1-4-23(21)34-25)30-24(32)6-3-20-2-5-22(33-20)14-8-17(27)10-18(28)9-14/h1-13H,(H,30,32)/b6-3+. The number of anilines is 1. The van der Waals surface area contributed by atoms with Crippen LogP contribution in [0.4, 0.5) is 5.69 Å². The molecule has 34 heavy (non-hydrogen) atoms. The quantitative estimate of drug-likeness (QED) is 0.223. The fourth-order valence-corrected chi connectivity index (χ4v) is 4.18. The smallest absolute Gasteiger partial charge is 0.248 e. The average molecular weight is 555 g/mol. The number of fused-ring (bicyclic) bond motifs is 1. The predicted molar refractivity (Wildman–Crippen MR) is 137 cm³/mol.